The molecule has 1 N–H and O–H groups in total. The summed E-state index contributed by atoms with van der Waals surface area (Å²) >= 11 is 11.7. The normalized spacial score (nSPS) is 10.1. The number of anilines is 1. The molecule has 0 spiro atoms. The quantitative estimate of drug-likeness (QED) is 0.785. The molecule has 6 heteroatoms. The largest absolute Gasteiger partial charge is 0.490 e. The van der Waals surface area contributed by atoms with E-state index in [1.165, 1.54) is 0 Å². The van der Waals surface area contributed by atoms with Crippen molar-refractivity contribution in [1.29, 1.82) is 0 Å². The van der Waals surface area contributed by atoms with Crippen molar-refractivity contribution < 1.29 is 14.3 Å². The second-order valence-electron chi connectivity index (χ2n) is 4.55. The second kappa shape index (κ2) is 7.92. The Morgan fingerprint density at radius 3 is 2.45 bits per heavy atom. The average molecular weight is 340 g/mol. The van der Waals surface area contributed by atoms with Gasteiger partial charge in [0.1, 0.15) is 19.0 Å². The molecule has 0 fully saturated rings. The van der Waals surface area contributed by atoms with E-state index in [9.17, 15) is 4.79 Å². The summed E-state index contributed by atoms with van der Waals surface area (Å²) in [4.78, 5) is 11.6. The predicted molar refractivity (Wildman–Crippen MR) is 88.1 cm³/mol. The van der Waals surface area contributed by atoms with Gasteiger partial charge >= 0.3 is 6.09 Å². The molecular weight excluding hydrogens is 325 g/mol. The number of rotatable bonds is 5. The highest BCUT2D eigenvalue weighted by Crippen LogP contribution is 2.25. The van der Waals surface area contributed by atoms with Gasteiger partial charge in [-0.2, -0.15) is 0 Å². The van der Waals surface area contributed by atoms with E-state index in [1.54, 1.807) is 18.2 Å². The number of halogens is 2. The fourth-order valence-electron chi connectivity index (χ4n) is 1.66. The minimum absolute atomic E-state index is 0.140. The molecule has 0 saturated heterocycles. The van der Waals surface area contributed by atoms with Crippen molar-refractivity contribution in [3.63, 3.8) is 0 Å². The van der Waals surface area contributed by atoms with E-state index in [0.29, 0.717) is 15.7 Å². The Balaban J connectivity index is 1.71. The zero-order valence-corrected chi connectivity index (χ0v) is 13.4. The Morgan fingerprint density at radius 1 is 1.05 bits per heavy atom. The van der Waals surface area contributed by atoms with Crippen molar-refractivity contribution in [3.8, 4) is 5.75 Å². The van der Waals surface area contributed by atoms with Crippen LogP contribution in [0.1, 0.15) is 5.56 Å². The van der Waals surface area contributed by atoms with E-state index in [4.69, 9.17) is 32.7 Å². The van der Waals surface area contributed by atoms with Crippen molar-refractivity contribution in [2.45, 2.75) is 6.92 Å². The van der Waals surface area contributed by atoms with Gasteiger partial charge in [-0.15, -0.1) is 0 Å². The number of hydrogen-bond donors (Lipinski definition) is 1. The van der Waals surface area contributed by atoms with Crippen molar-refractivity contribution in [2.75, 3.05) is 18.5 Å². The molecule has 0 heterocycles. The first-order valence-electron chi connectivity index (χ1n) is 6.63. The number of hydrogen-bond acceptors (Lipinski definition) is 3. The Morgan fingerprint density at radius 2 is 1.77 bits per heavy atom. The number of ether oxygens (including phenoxy) is 2. The van der Waals surface area contributed by atoms with Crippen LogP contribution in [-0.2, 0) is 4.74 Å². The molecule has 4 nitrogen and oxygen atoms in total. The van der Waals surface area contributed by atoms with Crippen LogP contribution in [0, 0.1) is 6.92 Å². The lowest BCUT2D eigenvalue weighted by Gasteiger charge is -2.09. The van der Waals surface area contributed by atoms with E-state index >= 15 is 0 Å². The molecule has 0 atom stereocenters. The minimum atomic E-state index is -0.578. The van der Waals surface area contributed by atoms with Gasteiger partial charge in [-0.1, -0.05) is 40.9 Å². The molecule has 0 unspecified atom stereocenters. The van der Waals surface area contributed by atoms with Crippen LogP contribution in [0.3, 0.4) is 0 Å². The van der Waals surface area contributed by atoms with Gasteiger partial charge in [-0.25, -0.2) is 4.79 Å². The Hall–Kier alpha value is -1.91. The van der Waals surface area contributed by atoms with Crippen molar-refractivity contribution in [1.82, 2.24) is 0 Å². The van der Waals surface area contributed by atoms with Crippen LogP contribution in [0.15, 0.2) is 42.5 Å². The Kier molecular flexibility index (Phi) is 5.92. The summed E-state index contributed by atoms with van der Waals surface area (Å²) < 4.78 is 10.5. The average Bonchev–Trinajstić information content (AvgIpc) is 2.49. The van der Waals surface area contributed by atoms with Gasteiger partial charge in [-0.3, -0.25) is 5.32 Å². The van der Waals surface area contributed by atoms with Gasteiger partial charge in [0.2, 0.25) is 0 Å². The first-order chi connectivity index (χ1) is 10.5. The number of carbonyl (C=O) groups is 1. The molecule has 2 aromatic carbocycles. The van der Waals surface area contributed by atoms with Crippen LogP contribution in [-0.4, -0.2) is 19.3 Å². The van der Waals surface area contributed by atoms with Gasteiger partial charge in [0.15, 0.2) is 0 Å². The topological polar surface area (TPSA) is 47.6 Å². The Bertz CT molecular complexity index is 644. The lowest BCUT2D eigenvalue weighted by molar-refractivity contribution is 0.138. The molecule has 0 aromatic heterocycles. The van der Waals surface area contributed by atoms with Gasteiger partial charge in [-0.05, 0) is 37.3 Å². The first kappa shape index (κ1) is 16.5. The standard InChI is InChI=1S/C16H15Cl2NO3/c1-11-2-5-13(6-3-11)21-8-9-22-16(20)19-12-4-7-14(17)15(18)10-12/h2-7,10H,8-9H2,1H3,(H,19,20). The summed E-state index contributed by atoms with van der Waals surface area (Å²) in [5.41, 5.74) is 1.67. The molecule has 0 aliphatic rings. The second-order valence-corrected chi connectivity index (χ2v) is 5.37. The molecule has 22 heavy (non-hydrogen) atoms. The maximum absolute atomic E-state index is 11.6. The first-order valence-corrected chi connectivity index (χ1v) is 7.38. The predicted octanol–water partition coefficient (Wildman–Crippen LogP) is 4.93. The minimum Gasteiger partial charge on any atom is -0.490 e. The summed E-state index contributed by atoms with van der Waals surface area (Å²) in [6.07, 6.45) is -0.578. The highest BCUT2D eigenvalue weighted by Gasteiger charge is 2.05. The molecule has 116 valence electrons. The number of aryl methyl sites for hydroxylation is 1. The van der Waals surface area contributed by atoms with Gasteiger partial charge in [0.05, 0.1) is 10.0 Å². The number of nitrogens with one attached hydrogen (secondary N) is 1. The monoisotopic (exact) mass is 339 g/mol. The third kappa shape index (κ3) is 5.13. The van der Waals surface area contributed by atoms with Crippen LogP contribution in [0.25, 0.3) is 0 Å². The van der Waals surface area contributed by atoms with Crippen molar-refractivity contribution in [2.24, 2.45) is 0 Å². The highest BCUT2D eigenvalue weighted by atomic mass is 35.5. The maximum Gasteiger partial charge on any atom is 0.411 e. The third-order valence-electron chi connectivity index (χ3n) is 2.77. The summed E-state index contributed by atoms with van der Waals surface area (Å²) in [5.74, 6) is 0.735. The SMILES string of the molecule is Cc1ccc(OCCOC(=O)Nc2ccc(Cl)c(Cl)c2)cc1. The van der Waals surface area contributed by atoms with Gasteiger partial charge in [0.25, 0.3) is 0 Å². The number of amides is 1. The van der Waals surface area contributed by atoms with Gasteiger partial charge in [0, 0.05) is 5.69 Å². The van der Waals surface area contributed by atoms with Crippen LogP contribution >= 0.6 is 23.2 Å². The number of carbonyl (C=O) groups excluding carboxylic acids is 1. The molecule has 0 radical (unpaired) electrons. The molecule has 1 amide bonds. The summed E-state index contributed by atoms with van der Waals surface area (Å²) in [6.45, 7) is 2.42. The van der Waals surface area contributed by atoms with Crippen LogP contribution in [0.5, 0.6) is 5.75 Å². The zero-order valence-electron chi connectivity index (χ0n) is 11.9. The highest BCUT2D eigenvalue weighted by molar-refractivity contribution is 6.42. The molecule has 2 aromatic rings. The lowest BCUT2D eigenvalue weighted by atomic mass is 10.2. The van der Waals surface area contributed by atoms with E-state index < -0.39 is 6.09 Å². The van der Waals surface area contributed by atoms with Gasteiger partial charge < -0.3 is 9.47 Å². The van der Waals surface area contributed by atoms with Crippen LogP contribution < -0.4 is 10.1 Å². The van der Waals surface area contributed by atoms with E-state index in [-0.39, 0.29) is 13.2 Å². The number of benzene rings is 2. The fourth-order valence-corrected chi connectivity index (χ4v) is 1.95. The van der Waals surface area contributed by atoms with Crippen LogP contribution in [0.2, 0.25) is 10.0 Å². The molecule has 0 aliphatic carbocycles. The lowest BCUT2D eigenvalue weighted by Crippen LogP contribution is -2.17. The molecule has 0 saturated carbocycles. The summed E-state index contributed by atoms with van der Waals surface area (Å²) in [6, 6.07) is 12.4. The fraction of sp³-hybridized carbons (Fsp3) is 0.188. The Labute approximate surface area is 138 Å². The molecular formula is C16H15Cl2NO3. The molecule has 0 bridgehead atoms. The van der Waals surface area contributed by atoms with Crippen molar-refractivity contribution >= 4 is 35.0 Å². The summed E-state index contributed by atoms with van der Waals surface area (Å²) in [7, 11) is 0. The van der Waals surface area contributed by atoms with E-state index in [1.807, 2.05) is 31.2 Å². The van der Waals surface area contributed by atoms with E-state index in [2.05, 4.69) is 5.32 Å². The molecule has 0 aliphatic heterocycles. The smallest absolute Gasteiger partial charge is 0.411 e. The van der Waals surface area contributed by atoms with Crippen LogP contribution in [0.4, 0.5) is 10.5 Å². The third-order valence-corrected chi connectivity index (χ3v) is 3.51. The van der Waals surface area contributed by atoms with E-state index in [0.717, 1.165) is 11.3 Å². The maximum atomic E-state index is 11.6. The summed E-state index contributed by atoms with van der Waals surface area (Å²) in [5, 5.41) is 3.34. The zero-order chi connectivity index (χ0) is 15.9. The van der Waals surface area contributed by atoms with Crippen molar-refractivity contribution in [3.05, 3.63) is 58.1 Å². The molecule has 2 rings (SSSR count).